The Morgan fingerprint density at radius 2 is 2.08 bits per heavy atom. The second-order valence-corrected chi connectivity index (χ2v) is 5.01. The number of rotatable bonds is 2. The van der Waals surface area contributed by atoms with Gasteiger partial charge in [-0.05, 0) is 12.8 Å². The first-order valence-corrected chi connectivity index (χ1v) is 5.87. The molecule has 2 aliphatic rings. The molecule has 70 valence electrons. The van der Waals surface area contributed by atoms with E-state index in [-0.39, 0.29) is 0 Å². The van der Waals surface area contributed by atoms with E-state index in [1.807, 2.05) is 11.8 Å². The van der Waals surface area contributed by atoms with Crippen molar-refractivity contribution in [1.29, 1.82) is 0 Å². The summed E-state index contributed by atoms with van der Waals surface area (Å²) in [6.45, 7) is 2.97. The fourth-order valence-corrected chi connectivity index (χ4v) is 3.29. The van der Waals surface area contributed by atoms with E-state index in [1.165, 1.54) is 25.7 Å². The lowest BCUT2D eigenvalue weighted by Gasteiger charge is -2.25. The van der Waals surface area contributed by atoms with Crippen LogP contribution in [0.1, 0.15) is 25.7 Å². The zero-order chi connectivity index (χ0) is 8.23. The third kappa shape index (κ3) is 2.38. The second-order valence-electron chi connectivity index (χ2n) is 3.55. The SMILES string of the molecule is C1CCC(SC2CNCCO2)C1. The van der Waals surface area contributed by atoms with Gasteiger partial charge in [0.15, 0.2) is 0 Å². The van der Waals surface area contributed by atoms with E-state index in [0.29, 0.717) is 5.44 Å². The van der Waals surface area contributed by atoms with Crippen LogP contribution in [0.25, 0.3) is 0 Å². The number of ether oxygens (including phenoxy) is 1. The van der Waals surface area contributed by atoms with Crippen molar-refractivity contribution in [2.24, 2.45) is 0 Å². The Balaban J connectivity index is 1.69. The molecule has 0 radical (unpaired) electrons. The molecule has 2 nitrogen and oxygen atoms in total. The first-order chi connectivity index (χ1) is 5.95. The summed E-state index contributed by atoms with van der Waals surface area (Å²) >= 11 is 2.04. The van der Waals surface area contributed by atoms with Crippen molar-refractivity contribution in [3.05, 3.63) is 0 Å². The van der Waals surface area contributed by atoms with Crippen molar-refractivity contribution >= 4 is 11.8 Å². The van der Waals surface area contributed by atoms with Gasteiger partial charge in [0.25, 0.3) is 0 Å². The molecule has 1 saturated heterocycles. The Morgan fingerprint density at radius 3 is 2.75 bits per heavy atom. The lowest BCUT2D eigenvalue weighted by atomic mass is 10.4. The molecular weight excluding hydrogens is 170 g/mol. The molecule has 3 heteroatoms. The highest BCUT2D eigenvalue weighted by atomic mass is 32.2. The average molecular weight is 187 g/mol. The van der Waals surface area contributed by atoms with Crippen LogP contribution in [0.3, 0.4) is 0 Å². The third-order valence-corrected chi connectivity index (χ3v) is 4.00. The molecule has 0 aromatic heterocycles. The largest absolute Gasteiger partial charge is 0.365 e. The van der Waals surface area contributed by atoms with Gasteiger partial charge < -0.3 is 10.1 Å². The molecule has 1 unspecified atom stereocenters. The Morgan fingerprint density at radius 1 is 1.25 bits per heavy atom. The van der Waals surface area contributed by atoms with E-state index in [9.17, 15) is 0 Å². The fraction of sp³-hybridized carbons (Fsp3) is 1.00. The van der Waals surface area contributed by atoms with Gasteiger partial charge in [-0.3, -0.25) is 0 Å². The lowest BCUT2D eigenvalue weighted by molar-refractivity contribution is 0.0849. The van der Waals surface area contributed by atoms with E-state index in [2.05, 4.69) is 5.32 Å². The summed E-state index contributed by atoms with van der Waals surface area (Å²) in [7, 11) is 0. The number of morpholine rings is 1. The fourth-order valence-electron chi connectivity index (χ4n) is 1.87. The highest BCUT2D eigenvalue weighted by molar-refractivity contribution is 8.00. The summed E-state index contributed by atoms with van der Waals surface area (Å²) in [5.74, 6) is 0. The van der Waals surface area contributed by atoms with E-state index >= 15 is 0 Å². The molecule has 1 aliphatic carbocycles. The summed E-state index contributed by atoms with van der Waals surface area (Å²) in [5.41, 5.74) is 0.432. The minimum atomic E-state index is 0.432. The maximum atomic E-state index is 5.64. The molecule has 2 rings (SSSR count). The van der Waals surface area contributed by atoms with Gasteiger partial charge in [0, 0.05) is 18.3 Å². The molecular formula is C9H17NOS. The second kappa shape index (κ2) is 4.49. The molecule has 1 heterocycles. The van der Waals surface area contributed by atoms with Crippen LogP contribution >= 0.6 is 11.8 Å². The molecule has 0 spiro atoms. The van der Waals surface area contributed by atoms with Crippen molar-refractivity contribution in [1.82, 2.24) is 5.32 Å². The van der Waals surface area contributed by atoms with E-state index in [4.69, 9.17) is 4.74 Å². The molecule has 2 fully saturated rings. The van der Waals surface area contributed by atoms with Crippen molar-refractivity contribution in [2.45, 2.75) is 36.4 Å². The predicted octanol–water partition coefficient (Wildman–Crippen LogP) is 1.61. The number of thioether (sulfide) groups is 1. The van der Waals surface area contributed by atoms with E-state index in [0.717, 1.165) is 24.9 Å². The Labute approximate surface area is 78.4 Å². The number of nitrogens with one attached hydrogen (secondary N) is 1. The molecule has 1 aliphatic heterocycles. The van der Waals surface area contributed by atoms with Gasteiger partial charge in [-0.2, -0.15) is 0 Å². The maximum absolute atomic E-state index is 5.64. The summed E-state index contributed by atoms with van der Waals surface area (Å²) in [4.78, 5) is 0. The van der Waals surface area contributed by atoms with Crippen molar-refractivity contribution in [3.63, 3.8) is 0 Å². The summed E-state index contributed by atoms with van der Waals surface area (Å²) < 4.78 is 5.64. The Kier molecular flexibility index (Phi) is 3.31. The van der Waals surface area contributed by atoms with Crippen LogP contribution in [0.15, 0.2) is 0 Å². The zero-order valence-corrected chi connectivity index (χ0v) is 8.24. The van der Waals surface area contributed by atoms with Crippen LogP contribution in [0.2, 0.25) is 0 Å². The first-order valence-electron chi connectivity index (χ1n) is 4.93. The summed E-state index contributed by atoms with van der Waals surface area (Å²) in [5, 5.41) is 4.25. The van der Waals surface area contributed by atoms with Crippen LogP contribution in [-0.4, -0.2) is 30.4 Å². The number of hydrogen-bond acceptors (Lipinski definition) is 3. The normalized spacial score (nSPS) is 32.5. The minimum Gasteiger partial charge on any atom is -0.365 e. The van der Waals surface area contributed by atoms with Crippen LogP contribution in [0, 0.1) is 0 Å². The van der Waals surface area contributed by atoms with Gasteiger partial charge in [0.2, 0.25) is 0 Å². The van der Waals surface area contributed by atoms with Crippen molar-refractivity contribution in [3.8, 4) is 0 Å². The van der Waals surface area contributed by atoms with Crippen LogP contribution in [0.5, 0.6) is 0 Å². The van der Waals surface area contributed by atoms with Crippen LogP contribution < -0.4 is 5.32 Å². The average Bonchev–Trinajstić information content (AvgIpc) is 2.59. The Bertz CT molecular complexity index is 130. The molecule has 0 aromatic rings. The Hall–Kier alpha value is 0.270. The van der Waals surface area contributed by atoms with Gasteiger partial charge in [-0.25, -0.2) is 0 Å². The highest BCUT2D eigenvalue weighted by Crippen LogP contribution is 2.32. The monoisotopic (exact) mass is 187 g/mol. The smallest absolute Gasteiger partial charge is 0.115 e. The van der Waals surface area contributed by atoms with Crippen LogP contribution in [0.4, 0.5) is 0 Å². The summed E-state index contributed by atoms with van der Waals surface area (Å²) in [6.07, 6.45) is 5.67. The van der Waals surface area contributed by atoms with E-state index in [1.54, 1.807) is 0 Å². The van der Waals surface area contributed by atoms with Crippen LogP contribution in [-0.2, 0) is 4.74 Å². The molecule has 0 bridgehead atoms. The topological polar surface area (TPSA) is 21.3 Å². The zero-order valence-electron chi connectivity index (χ0n) is 7.42. The molecule has 1 saturated carbocycles. The van der Waals surface area contributed by atoms with E-state index < -0.39 is 0 Å². The molecule has 12 heavy (non-hydrogen) atoms. The van der Waals surface area contributed by atoms with Gasteiger partial charge in [-0.1, -0.05) is 12.8 Å². The minimum absolute atomic E-state index is 0.432. The molecule has 1 atom stereocenters. The van der Waals surface area contributed by atoms with Gasteiger partial charge in [-0.15, -0.1) is 11.8 Å². The lowest BCUT2D eigenvalue weighted by Crippen LogP contribution is -2.37. The predicted molar refractivity (Wildman–Crippen MR) is 52.5 cm³/mol. The summed E-state index contributed by atoms with van der Waals surface area (Å²) in [6, 6.07) is 0. The van der Waals surface area contributed by atoms with Crippen molar-refractivity contribution in [2.75, 3.05) is 19.7 Å². The maximum Gasteiger partial charge on any atom is 0.115 e. The van der Waals surface area contributed by atoms with Gasteiger partial charge in [0.05, 0.1) is 6.61 Å². The first kappa shape index (κ1) is 8.85. The molecule has 0 amide bonds. The van der Waals surface area contributed by atoms with Gasteiger partial charge in [0.1, 0.15) is 5.44 Å². The standard InChI is InChI=1S/C9H17NOS/c1-2-4-8(3-1)12-9-7-10-5-6-11-9/h8-10H,1-7H2. The van der Waals surface area contributed by atoms with Gasteiger partial charge >= 0.3 is 0 Å². The quantitative estimate of drug-likeness (QED) is 0.709. The number of hydrogen-bond donors (Lipinski definition) is 1. The highest BCUT2D eigenvalue weighted by Gasteiger charge is 2.22. The molecule has 0 aromatic carbocycles. The molecule has 1 N–H and O–H groups in total. The third-order valence-electron chi connectivity index (χ3n) is 2.54. The van der Waals surface area contributed by atoms with Crippen molar-refractivity contribution < 1.29 is 4.74 Å².